The first-order valence-electron chi connectivity index (χ1n) is 3.75. The van der Waals surface area contributed by atoms with Gasteiger partial charge in [0.2, 0.25) is 11.6 Å². The highest BCUT2D eigenvalue weighted by atomic mass is 16.2. The quantitative estimate of drug-likeness (QED) is 0.411. The van der Waals surface area contributed by atoms with Crippen LogP contribution in [-0.4, -0.2) is 11.6 Å². The van der Waals surface area contributed by atoms with Crippen LogP contribution in [0.25, 0.3) is 0 Å². The minimum atomic E-state index is -0.394. The van der Waals surface area contributed by atoms with Gasteiger partial charge in [-0.25, -0.2) is 0 Å². The van der Waals surface area contributed by atoms with E-state index in [-0.39, 0.29) is 5.78 Å². The van der Waals surface area contributed by atoms with E-state index >= 15 is 0 Å². The van der Waals surface area contributed by atoms with Crippen molar-refractivity contribution in [2.45, 2.75) is 12.8 Å². The monoisotopic (exact) mass is 148 g/mol. The van der Waals surface area contributed by atoms with Crippen LogP contribution in [0.15, 0.2) is 23.8 Å². The smallest absolute Gasteiger partial charge is 0.225 e. The molecule has 0 atom stereocenters. The molecule has 2 rings (SSSR count). The number of hydrogen-bond acceptors (Lipinski definition) is 2. The van der Waals surface area contributed by atoms with Crippen LogP contribution in [0, 0.1) is 5.92 Å². The minimum Gasteiger partial charge on any atom is -0.286 e. The topological polar surface area (TPSA) is 34.1 Å². The third-order valence-electron chi connectivity index (χ3n) is 2.02. The van der Waals surface area contributed by atoms with E-state index in [9.17, 15) is 9.59 Å². The number of hydrogen-bond donors (Lipinski definition) is 0. The second-order valence-corrected chi connectivity index (χ2v) is 2.98. The molecule has 0 saturated heterocycles. The summed E-state index contributed by atoms with van der Waals surface area (Å²) in [5.41, 5.74) is 1.04. The molecule has 0 spiro atoms. The fraction of sp³-hybridized carbons (Fsp3) is 0.333. The molecule has 1 saturated carbocycles. The number of allylic oxidation sites excluding steroid dienone is 4. The summed E-state index contributed by atoms with van der Waals surface area (Å²) in [4.78, 5) is 21.6. The van der Waals surface area contributed by atoms with Crippen molar-refractivity contribution >= 4 is 11.6 Å². The zero-order chi connectivity index (χ0) is 7.84. The Morgan fingerprint density at radius 1 is 1.09 bits per heavy atom. The fourth-order valence-electron chi connectivity index (χ4n) is 1.20. The Morgan fingerprint density at radius 3 is 2.36 bits per heavy atom. The van der Waals surface area contributed by atoms with E-state index in [1.165, 1.54) is 12.2 Å². The molecule has 0 bridgehead atoms. The van der Waals surface area contributed by atoms with Crippen molar-refractivity contribution in [2.75, 3.05) is 0 Å². The van der Waals surface area contributed by atoms with Crippen LogP contribution in [-0.2, 0) is 9.59 Å². The van der Waals surface area contributed by atoms with Crippen molar-refractivity contribution < 1.29 is 9.59 Å². The highest BCUT2D eigenvalue weighted by Crippen LogP contribution is 2.37. The maximum absolute atomic E-state index is 10.9. The molecule has 0 aromatic carbocycles. The van der Waals surface area contributed by atoms with Crippen molar-refractivity contribution in [2.24, 2.45) is 5.92 Å². The van der Waals surface area contributed by atoms with Gasteiger partial charge in [-0.05, 0) is 36.5 Å². The van der Waals surface area contributed by atoms with Gasteiger partial charge in [-0.1, -0.05) is 6.08 Å². The highest BCUT2D eigenvalue weighted by Gasteiger charge is 2.27. The van der Waals surface area contributed by atoms with Gasteiger partial charge in [-0.2, -0.15) is 0 Å². The van der Waals surface area contributed by atoms with Crippen LogP contribution in [0.5, 0.6) is 0 Å². The van der Waals surface area contributed by atoms with E-state index in [2.05, 4.69) is 0 Å². The van der Waals surface area contributed by atoms with Crippen molar-refractivity contribution in [3.63, 3.8) is 0 Å². The van der Waals surface area contributed by atoms with Gasteiger partial charge in [0.1, 0.15) is 0 Å². The number of carbonyl (C=O) groups excluding carboxylic acids is 2. The molecule has 0 aromatic rings. The predicted octanol–water partition coefficient (Wildman–Crippen LogP) is 1.03. The molecule has 0 aliphatic heterocycles. The van der Waals surface area contributed by atoms with Crippen LogP contribution in [0.4, 0.5) is 0 Å². The second-order valence-electron chi connectivity index (χ2n) is 2.98. The minimum absolute atomic E-state index is 0.366. The Balaban J connectivity index is 2.24. The van der Waals surface area contributed by atoms with Crippen LogP contribution in [0.2, 0.25) is 0 Å². The lowest BCUT2D eigenvalue weighted by molar-refractivity contribution is -0.131. The maximum Gasteiger partial charge on any atom is 0.225 e. The Hall–Kier alpha value is -1.18. The molecular formula is C9H8O2. The van der Waals surface area contributed by atoms with Crippen LogP contribution in [0.3, 0.4) is 0 Å². The number of carbonyl (C=O) groups is 2. The summed E-state index contributed by atoms with van der Waals surface area (Å²) < 4.78 is 0. The first-order valence-corrected chi connectivity index (χ1v) is 3.75. The molecule has 2 aliphatic carbocycles. The predicted molar refractivity (Wildman–Crippen MR) is 40.0 cm³/mol. The van der Waals surface area contributed by atoms with E-state index in [0.29, 0.717) is 5.92 Å². The van der Waals surface area contributed by atoms with Crippen LogP contribution < -0.4 is 0 Å². The molecule has 0 unspecified atom stereocenters. The van der Waals surface area contributed by atoms with Crippen molar-refractivity contribution in [1.29, 1.82) is 0 Å². The standard InChI is InChI=1S/C9H8O2/c10-8-4-3-7(5-9(8)11)6-1-2-6/h3-6H,1-2H2. The highest BCUT2D eigenvalue weighted by molar-refractivity contribution is 6.46. The molecule has 2 heteroatoms. The van der Waals surface area contributed by atoms with E-state index in [0.717, 1.165) is 18.4 Å². The van der Waals surface area contributed by atoms with E-state index < -0.39 is 5.78 Å². The lowest BCUT2D eigenvalue weighted by Crippen LogP contribution is -2.12. The van der Waals surface area contributed by atoms with E-state index in [1.807, 2.05) is 0 Å². The van der Waals surface area contributed by atoms with Crippen molar-refractivity contribution in [1.82, 2.24) is 0 Å². The summed E-state index contributed by atoms with van der Waals surface area (Å²) in [5.74, 6) is -0.202. The average molecular weight is 148 g/mol. The summed E-state index contributed by atoms with van der Waals surface area (Å²) in [5, 5.41) is 0. The van der Waals surface area contributed by atoms with Crippen LogP contribution in [0.1, 0.15) is 12.8 Å². The molecule has 1 fully saturated rings. The summed E-state index contributed by atoms with van der Waals surface area (Å²) in [7, 11) is 0. The van der Waals surface area contributed by atoms with E-state index in [1.54, 1.807) is 6.08 Å². The Kier molecular flexibility index (Phi) is 1.28. The third-order valence-corrected chi connectivity index (χ3v) is 2.02. The van der Waals surface area contributed by atoms with Crippen molar-refractivity contribution in [3.05, 3.63) is 23.8 Å². The zero-order valence-electron chi connectivity index (χ0n) is 6.04. The maximum atomic E-state index is 10.9. The largest absolute Gasteiger partial charge is 0.286 e. The molecule has 2 aliphatic rings. The van der Waals surface area contributed by atoms with Gasteiger partial charge in [-0.3, -0.25) is 9.59 Å². The fourth-order valence-corrected chi connectivity index (χ4v) is 1.20. The summed E-state index contributed by atoms with van der Waals surface area (Å²) in [6, 6.07) is 0. The molecule has 56 valence electrons. The van der Waals surface area contributed by atoms with Gasteiger partial charge < -0.3 is 0 Å². The lowest BCUT2D eigenvalue weighted by atomic mass is 10.0. The summed E-state index contributed by atoms with van der Waals surface area (Å²) >= 11 is 0. The Bertz CT molecular complexity index is 280. The number of ketones is 2. The molecule has 0 aromatic heterocycles. The molecule has 0 amide bonds. The van der Waals surface area contributed by atoms with Gasteiger partial charge in [-0.15, -0.1) is 0 Å². The molecule has 2 nitrogen and oxygen atoms in total. The van der Waals surface area contributed by atoms with Gasteiger partial charge in [0, 0.05) is 0 Å². The summed E-state index contributed by atoms with van der Waals surface area (Å²) in [6.45, 7) is 0. The molecular weight excluding hydrogens is 140 g/mol. The summed E-state index contributed by atoms with van der Waals surface area (Å²) in [6.07, 6.45) is 6.94. The molecule has 0 radical (unpaired) electrons. The second kappa shape index (κ2) is 2.16. The SMILES string of the molecule is O=C1C=CC(C2CC2)=CC1=O. The molecule has 0 heterocycles. The van der Waals surface area contributed by atoms with Gasteiger partial charge in [0.25, 0.3) is 0 Å². The lowest BCUT2D eigenvalue weighted by Gasteiger charge is -2.01. The van der Waals surface area contributed by atoms with Crippen LogP contribution >= 0.6 is 0 Å². The van der Waals surface area contributed by atoms with E-state index in [4.69, 9.17) is 0 Å². The first-order chi connectivity index (χ1) is 5.27. The van der Waals surface area contributed by atoms with Crippen molar-refractivity contribution in [3.8, 4) is 0 Å². The van der Waals surface area contributed by atoms with Gasteiger partial charge in [0.15, 0.2) is 0 Å². The zero-order valence-corrected chi connectivity index (χ0v) is 6.04. The first kappa shape index (κ1) is 6.53. The third kappa shape index (κ3) is 1.16. The molecule has 11 heavy (non-hydrogen) atoms. The van der Waals surface area contributed by atoms with Gasteiger partial charge in [0.05, 0.1) is 0 Å². The number of rotatable bonds is 1. The average Bonchev–Trinajstić information content (AvgIpc) is 2.77. The normalized spacial score (nSPS) is 23.8. The Labute approximate surface area is 64.6 Å². The van der Waals surface area contributed by atoms with Gasteiger partial charge >= 0.3 is 0 Å². The molecule has 0 N–H and O–H groups in total. The Morgan fingerprint density at radius 2 is 1.82 bits per heavy atom.